The van der Waals surface area contributed by atoms with Crippen LogP contribution in [0.15, 0.2) is 12.4 Å². The predicted octanol–water partition coefficient (Wildman–Crippen LogP) is 1.63. The lowest BCUT2D eigenvalue weighted by Gasteiger charge is -2.28. The lowest BCUT2D eigenvalue weighted by atomic mass is 10.1. The van der Waals surface area contributed by atoms with Gasteiger partial charge in [0.1, 0.15) is 0 Å². The Hall–Kier alpha value is -0.870. The van der Waals surface area contributed by atoms with Crippen LogP contribution in [0.1, 0.15) is 38.9 Å². The summed E-state index contributed by atoms with van der Waals surface area (Å²) in [6, 6.07) is 0. The van der Waals surface area contributed by atoms with E-state index >= 15 is 0 Å². The Balaban J connectivity index is 2.72. The smallest absolute Gasteiger partial charge is 0.0984 e. The molecular weight excluding hydrogens is 190 g/mol. The third-order valence-corrected chi connectivity index (χ3v) is 2.62. The van der Waals surface area contributed by atoms with Crippen LogP contribution in [0.25, 0.3) is 0 Å². The Labute approximate surface area is 91.4 Å². The van der Waals surface area contributed by atoms with Gasteiger partial charge in [0.2, 0.25) is 0 Å². The van der Waals surface area contributed by atoms with Gasteiger partial charge in [-0.05, 0) is 20.3 Å². The molecule has 0 saturated heterocycles. The van der Waals surface area contributed by atoms with Crippen molar-refractivity contribution in [2.45, 2.75) is 38.9 Å². The summed E-state index contributed by atoms with van der Waals surface area (Å²) in [7, 11) is 1.89. The molecule has 0 bridgehead atoms. The first-order valence-electron chi connectivity index (χ1n) is 5.35. The van der Waals surface area contributed by atoms with E-state index in [2.05, 4.69) is 25.9 Å². The van der Waals surface area contributed by atoms with Gasteiger partial charge in [-0.3, -0.25) is 4.68 Å². The molecule has 0 aliphatic carbocycles. The molecule has 1 rings (SSSR count). The number of ether oxygens (including phenoxy) is 1. The summed E-state index contributed by atoms with van der Waals surface area (Å²) in [6.45, 7) is 6.74. The Morgan fingerprint density at radius 3 is 2.67 bits per heavy atom. The highest BCUT2D eigenvalue weighted by molar-refractivity contribution is 5.09. The number of aryl methyl sites for hydroxylation is 1. The van der Waals surface area contributed by atoms with E-state index in [4.69, 9.17) is 10.5 Å². The first-order valence-corrected chi connectivity index (χ1v) is 5.35. The van der Waals surface area contributed by atoms with Crippen LogP contribution in [0.4, 0.5) is 0 Å². The standard InChI is InChI=1S/C11H21N3O/c1-5-11(2,3)15-10(6-12)9-7-13-14(4)8-9/h7-8,10H,5-6,12H2,1-4H3. The molecule has 2 N–H and O–H groups in total. The van der Waals surface area contributed by atoms with Crippen LogP contribution in [0.2, 0.25) is 0 Å². The zero-order valence-electron chi connectivity index (χ0n) is 10.0. The van der Waals surface area contributed by atoms with Crippen LogP contribution < -0.4 is 5.73 Å². The fraction of sp³-hybridized carbons (Fsp3) is 0.727. The van der Waals surface area contributed by atoms with Crippen LogP contribution in [0.5, 0.6) is 0 Å². The molecule has 0 radical (unpaired) electrons. The molecule has 1 heterocycles. The number of aromatic nitrogens is 2. The molecule has 1 atom stereocenters. The van der Waals surface area contributed by atoms with Crippen molar-refractivity contribution in [1.29, 1.82) is 0 Å². The molecule has 1 aromatic rings. The molecule has 1 unspecified atom stereocenters. The largest absolute Gasteiger partial charge is 0.366 e. The monoisotopic (exact) mass is 211 g/mol. The minimum atomic E-state index is -0.139. The molecular formula is C11H21N3O. The van der Waals surface area contributed by atoms with Gasteiger partial charge < -0.3 is 10.5 Å². The lowest BCUT2D eigenvalue weighted by molar-refractivity contribution is -0.0713. The van der Waals surface area contributed by atoms with Gasteiger partial charge in [-0.2, -0.15) is 5.10 Å². The molecule has 4 nitrogen and oxygen atoms in total. The van der Waals surface area contributed by atoms with Crippen LogP contribution in [-0.4, -0.2) is 21.9 Å². The molecule has 4 heteroatoms. The average molecular weight is 211 g/mol. The van der Waals surface area contributed by atoms with Gasteiger partial charge in [0, 0.05) is 25.4 Å². The molecule has 0 amide bonds. The molecule has 1 aromatic heterocycles. The fourth-order valence-corrected chi connectivity index (χ4v) is 1.33. The minimum Gasteiger partial charge on any atom is -0.366 e. The highest BCUT2D eigenvalue weighted by Gasteiger charge is 2.22. The molecule has 15 heavy (non-hydrogen) atoms. The Morgan fingerprint density at radius 1 is 1.60 bits per heavy atom. The number of rotatable bonds is 5. The van der Waals surface area contributed by atoms with Crippen molar-refractivity contribution in [3.8, 4) is 0 Å². The highest BCUT2D eigenvalue weighted by atomic mass is 16.5. The number of nitrogens with two attached hydrogens (primary N) is 1. The third-order valence-electron chi connectivity index (χ3n) is 2.62. The maximum Gasteiger partial charge on any atom is 0.0984 e. The number of hydrogen-bond acceptors (Lipinski definition) is 3. The summed E-state index contributed by atoms with van der Waals surface area (Å²) in [5.74, 6) is 0. The van der Waals surface area contributed by atoms with Gasteiger partial charge >= 0.3 is 0 Å². The van der Waals surface area contributed by atoms with E-state index in [0.29, 0.717) is 6.54 Å². The summed E-state index contributed by atoms with van der Waals surface area (Å²) in [6.07, 6.45) is 4.66. The summed E-state index contributed by atoms with van der Waals surface area (Å²) in [5, 5.41) is 4.12. The fourth-order valence-electron chi connectivity index (χ4n) is 1.33. The van der Waals surface area contributed by atoms with Crippen LogP contribution >= 0.6 is 0 Å². The molecule has 0 aromatic carbocycles. The summed E-state index contributed by atoms with van der Waals surface area (Å²) in [4.78, 5) is 0. The Bertz CT molecular complexity index is 307. The van der Waals surface area contributed by atoms with Gasteiger partial charge in [-0.25, -0.2) is 0 Å². The maximum absolute atomic E-state index is 5.96. The zero-order chi connectivity index (χ0) is 11.5. The average Bonchev–Trinajstić information content (AvgIpc) is 2.61. The molecule has 0 aliphatic rings. The maximum atomic E-state index is 5.96. The summed E-state index contributed by atoms with van der Waals surface area (Å²) >= 11 is 0. The van der Waals surface area contributed by atoms with Crippen molar-refractivity contribution >= 4 is 0 Å². The van der Waals surface area contributed by atoms with Gasteiger partial charge in [0.05, 0.1) is 17.9 Å². The van der Waals surface area contributed by atoms with Crippen LogP contribution in [0.3, 0.4) is 0 Å². The van der Waals surface area contributed by atoms with Crippen molar-refractivity contribution in [3.05, 3.63) is 18.0 Å². The van der Waals surface area contributed by atoms with Crippen molar-refractivity contribution in [1.82, 2.24) is 9.78 Å². The van der Waals surface area contributed by atoms with Crippen LogP contribution in [-0.2, 0) is 11.8 Å². The van der Waals surface area contributed by atoms with Crippen molar-refractivity contribution in [2.75, 3.05) is 6.54 Å². The summed E-state index contributed by atoms with van der Waals surface area (Å²) < 4.78 is 7.72. The molecule has 0 aliphatic heterocycles. The van der Waals surface area contributed by atoms with E-state index in [9.17, 15) is 0 Å². The third kappa shape index (κ3) is 3.32. The topological polar surface area (TPSA) is 53.1 Å². The van der Waals surface area contributed by atoms with Gasteiger partial charge in [0.25, 0.3) is 0 Å². The van der Waals surface area contributed by atoms with E-state index in [1.165, 1.54) is 0 Å². The molecule has 86 valence electrons. The SMILES string of the molecule is CCC(C)(C)OC(CN)c1cnn(C)c1. The van der Waals surface area contributed by atoms with E-state index in [0.717, 1.165) is 12.0 Å². The molecule has 0 saturated carbocycles. The van der Waals surface area contributed by atoms with Crippen LogP contribution in [0, 0.1) is 0 Å². The van der Waals surface area contributed by atoms with Gasteiger partial charge in [-0.15, -0.1) is 0 Å². The predicted molar refractivity (Wildman–Crippen MR) is 60.5 cm³/mol. The quantitative estimate of drug-likeness (QED) is 0.805. The first-order chi connectivity index (χ1) is 6.98. The number of hydrogen-bond donors (Lipinski definition) is 1. The van der Waals surface area contributed by atoms with Crippen molar-refractivity contribution < 1.29 is 4.74 Å². The van der Waals surface area contributed by atoms with E-state index in [1.807, 2.05) is 19.4 Å². The molecule has 0 fully saturated rings. The lowest BCUT2D eigenvalue weighted by Crippen LogP contribution is -2.29. The summed E-state index contributed by atoms with van der Waals surface area (Å²) in [5.41, 5.74) is 6.62. The molecule has 0 spiro atoms. The van der Waals surface area contributed by atoms with Crippen molar-refractivity contribution in [2.24, 2.45) is 12.8 Å². The van der Waals surface area contributed by atoms with Gasteiger partial charge in [0.15, 0.2) is 0 Å². The van der Waals surface area contributed by atoms with Crippen molar-refractivity contribution in [3.63, 3.8) is 0 Å². The highest BCUT2D eigenvalue weighted by Crippen LogP contribution is 2.24. The second-order valence-corrected chi connectivity index (χ2v) is 4.40. The second-order valence-electron chi connectivity index (χ2n) is 4.40. The number of nitrogens with zero attached hydrogens (tertiary/aromatic N) is 2. The minimum absolute atomic E-state index is 0.0614. The normalized spacial score (nSPS) is 14.2. The van der Waals surface area contributed by atoms with E-state index in [1.54, 1.807) is 4.68 Å². The van der Waals surface area contributed by atoms with Gasteiger partial charge in [-0.1, -0.05) is 6.92 Å². The first kappa shape index (κ1) is 12.2. The van der Waals surface area contributed by atoms with E-state index < -0.39 is 0 Å². The Morgan fingerprint density at radius 2 is 2.27 bits per heavy atom. The second kappa shape index (κ2) is 4.77. The zero-order valence-corrected chi connectivity index (χ0v) is 10.0. The van der Waals surface area contributed by atoms with E-state index in [-0.39, 0.29) is 11.7 Å². The Kier molecular flexibility index (Phi) is 3.88.